The minimum atomic E-state index is -0.846. The van der Waals surface area contributed by atoms with Crippen LogP contribution in [-0.2, 0) is 6.42 Å². The summed E-state index contributed by atoms with van der Waals surface area (Å²) < 4.78 is 27.2. The highest BCUT2D eigenvalue weighted by Crippen LogP contribution is 2.29. The van der Waals surface area contributed by atoms with Crippen LogP contribution in [0.2, 0.25) is 0 Å². The highest BCUT2D eigenvalue weighted by Gasteiger charge is 2.19. The van der Waals surface area contributed by atoms with Gasteiger partial charge in [0, 0.05) is 18.4 Å². The van der Waals surface area contributed by atoms with Crippen molar-refractivity contribution in [1.29, 1.82) is 0 Å². The Morgan fingerprint density at radius 3 is 2.76 bits per heavy atom. The zero-order valence-corrected chi connectivity index (χ0v) is 13.3. The molecule has 21 heavy (non-hydrogen) atoms. The maximum Gasteiger partial charge on any atom is 0.173 e. The Morgan fingerprint density at radius 1 is 1.29 bits per heavy atom. The molecule has 0 spiro atoms. The fourth-order valence-electron chi connectivity index (χ4n) is 2.18. The summed E-state index contributed by atoms with van der Waals surface area (Å²) in [7, 11) is 0. The fraction of sp³-hybridized carbons (Fsp3) is 0.312. The summed E-state index contributed by atoms with van der Waals surface area (Å²) in [5.41, 5.74) is 1.76. The summed E-state index contributed by atoms with van der Waals surface area (Å²) in [6, 6.07) is 6.53. The minimum absolute atomic E-state index is 0.0985. The van der Waals surface area contributed by atoms with Crippen LogP contribution in [0, 0.1) is 11.6 Å². The molecular weight excluding hydrogens is 338 g/mol. The minimum Gasteiger partial charge on any atom is -0.310 e. The van der Waals surface area contributed by atoms with E-state index < -0.39 is 11.6 Å². The molecule has 1 heterocycles. The summed E-state index contributed by atoms with van der Waals surface area (Å²) in [5, 5.41) is 3.37. The van der Waals surface area contributed by atoms with Gasteiger partial charge in [-0.15, -0.1) is 0 Å². The highest BCUT2D eigenvalue weighted by atomic mass is 79.9. The van der Waals surface area contributed by atoms with Gasteiger partial charge in [-0.25, -0.2) is 8.78 Å². The number of aromatic nitrogens is 1. The second kappa shape index (κ2) is 7.61. The Morgan fingerprint density at radius 2 is 2.10 bits per heavy atom. The van der Waals surface area contributed by atoms with E-state index in [0.29, 0.717) is 12.0 Å². The molecular formula is C16H17BrF2N2. The van der Waals surface area contributed by atoms with Crippen LogP contribution in [0.25, 0.3) is 0 Å². The molecule has 1 aromatic carbocycles. The third-order valence-corrected chi connectivity index (χ3v) is 4.05. The maximum atomic E-state index is 13.8. The third-order valence-electron chi connectivity index (χ3n) is 3.24. The number of nitrogens with one attached hydrogen (secondary N) is 1. The molecule has 0 radical (unpaired) electrons. The van der Waals surface area contributed by atoms with E-state index in [1.54, 1.807) is 18.5 Å². The van der Waals surface area contributed by atoms with Crippen molar-refractivity contribution in [3.05, 3.63) is 63.9 Å². The van der Waals surface area contributed by atoms with Gasteiger partial charge < -0.3 is 5.32 Å². The predicted molar refractivity (Wildman–Crippen MR) is 83.0 cm³/mol. The van der Waals surface area contributed by atoms with E-state index >= 15 is 0 Å². The lowest BCUT2D eigenvalue weighted by molar-refractivity contribution is 0.487. The van der Waals surface area contributed by atoms with E-state index in [-0.39, 0.29) is 10.5 Å². The summed E-state index contributed by atoms with van der Waals surface area (Å²) in [6.07, 6.45) is 5.13. The van der Waals surface area contributed by atoms with Crippen LogP contribution in [0.15, 0.2) is 41.1 Å². The molecule has 2 rings (SSSR count). The molecule has 2 nitrogen and oxygen atoms in total. The lowest BCUT2D eigenvalue weighted by atomic mass is 9.99. The van der Waals surface area contributed by atoms with Crippen molar-refractivity contribution in [2.24, 2.45) is 0 Å². The van der Waals surface area contributed by atoms with Gasteiger partial charge in [-0.2, -0.15) is 0 Å². The molecule has 1 atom stereocenters. The second-order valence-corrected chi connectivity index (χ2v) is 5.63. The quantitative estimate of drug-likeness (QED) is 0.777. The van der Waals surface area contributed by atoms with Crippen LogP contribution in [0.4, 0.5) is 8.78 Å². The molecule has 0 bridgehead atoms. The Kier molecular flexibility index (Phi) is 5.82. The molecule has 5 heteroatoms. The molecule has 1 unspecified atom stereocenters. The first-order valence-electron chi connectivity index (χ1n) is 6.89. The van der Waals surface area contributed by atoms with Crippen molar-refractivity contribution >= 4 is 15.9 Å². The Balaban J connectivity index is 2.29. The van der Waals surface area contributed by atoms with Crippen LogP contribution >= 0.6 is 15.9 Å². The zero-order chi connectivity index (χ0) is 15.2. The van der Waals surface area contributed by atoms with E-state index in [1.165, 1.54) is 6.07 Å². The molecule has 0 aliphatic carbocycles. The normalized spacial score (nSPS) is 12.4. The second-order valence-electron chi connectivity index (χ2n) is 4.84. The van der Waals surface area contributed by atoms with Crippen LogP contribution in [0.5, 0.6) is 0 Å². The monoisotopic (exact) mass is 354 g/mol. The van der Waals surface area contributed by atoms with Crippen molar-refractivity contribution in [2.45, 2.75) is 25.8 Å². The Labute approximate surface area is 131 Å². The van der Waals surface area contributed by atoms with Crippen LogP contribution in [0.3, 0.4) is 0 Å². The molecule has 0 saturated carbocycles. The highest BCUT2D eigenvalue weighted by molar-refractivity contribution is 9.10. The molecule has 1 aromatic heterocycles. The van der Waals surface area contributed by atoms with Crippen molar-refractivity contribution in [1.82, 2.24) is 10.3 Å². The van der Waals surface area contributed by atoms with Gasteiger partial charge in [0.2, 0.25) is 0 Å². The van der Waals surface area contributed by atoms with Gasteiger partial charge in [0.25, 0.3) is 0 Å². The molecule has 0 aliphatic heterocycles. The smallest absolute Gasteiger partial charge is 0.173 e. The van der Waals surface area contributed by atoms with Gasteiger partial charge >= 0.3 is 0 Å². The fourth-order valence-corrected chi connectivity index (χ4v) is 2.77. The topological polar surface area (TPSA) is 24.9 Å². The van der Waals surface area contributed by atoms with Crippen molar-refractivity contribution in [2.75, 3.05) is 6.54 Å². The lowest BCUT2D eigenvalue weighted by Crippen LogP contribution is -2.25. The number of nitrogens with zero attached hydrogens (tertiary/aromatic N) is 1. The molecule has 112 valence electrons. The van der Waals surface area contributed by atoms with Crippen LogP contribution in [-0.4, -0.2) is 11.5 Å². The number of hydrogen-bond acceptors (Lipinski definition) is 2. The van der Waals surface area contributed by atoms with Gasteiger partial charge in [-0.05, 0) is 58.6 Å². The molecule has 0 saturated heterocycles. The van der Waals surface area contributed by atoms with E-state index in [0.717, 1.165) is 18.5 Å². The van der Waals surface area contributed by atoms with Crippen molar-refractivity contribution in [3.8, 4) is 0 Å². The van der Waals surface area contributed by atoms with E-state index in [2.05, 4.69) is 33.2 Å². The predicted octanol–water partition coefficient (Wildman–Crippen LogP) is 4.41. The van der Waals surface area contributed by atoms with Gasteiger partial charge in [0.05, 0.1) is 4.47 Å². The average molecular weight is 355 g/mol. The summed E-state index contributed by atoms with van der Waals surface area (Å²) in [4.78, 5) is 4.09. The van der Waals surface area contributed by atoms with Crippen molar-refractivity contribution in [3.63, 3.8) is 0 Å². The first-order chi connectivity index (χ1) is 10.1. The van der Waals surface area contributed by atoms with Gasteiger partial charge in [-0.1, -0.05) is 19.1 Å². The van der Waals surface area contributed by atoms with Gasteiger partial charge in [0.15, 0.2) is 11.6 Å². The van der Waals surface area contributed by atoms with E-state index in [4.69, 9.17) is 0 Å². The largest absolute Gasteiger partial charge is 0.310 e. The molecule has 1 N–H and O–H groups in total. The van der Waals surface area contributed by atoms with E-state index in [9.17, 15) is 8.78 Å². The maximum absolute atomic E-state index is 13.8. The van der Waals surface area contributed by atoms with Crippen LogP contribution in [0.1, 0.15) is 30.5 Å². The van der Waals surface area contributed by atoms with Crippen molar-refractivity contribution < 1.29 is 8.78 Å². The standard InChI is InChI=1S/C16H17BrF2N2/c1-2-7-21-14(9-11-4-3-8-20-10-11)12-5-6-13(18)16(19)15(12)17/h3-6,8,10,14,21H,2,7,9H2,1H3. The number of halogens is 3. The van der Waals surface area contributed by atoms with Gasteiger partial charge in [-0.3, -0.25) is 4.98 Å². The number of hydrogen-bond donors (Lipinski definition) is 1. The molecule has 2 aromatic rings. The zero-order valence-electron chi connectivity index (χ0n) is 11.7. The van der Waals surface area contributed by atoms with Gasteiger partial charge in [0.1, 0.15) is 0 Å². The SMILES string of the molecule is CCCNC(Cc1cccnc1)c1ccc(F)c(F)c1Br. The molecule has 0 amide bonds. The van der Waals surface area contributed by atoms with E-state index in [1.807, 2.05) is 12.1 Å². The lowest BCUT2D eigenvalue weighted by Gasteiger charge is -2.20. The number of rotatable bonds is 6. The molecule has 0 aliphatic rings. The summed E-state index contributed by atoms with van der Waals surface area (Å²) in [5.74, 6) is -1.69. The Hall–Kier alpha value is -1.33. The first kappa shape index (κ1) is 16.0. The summed E-state index contributed by atoms with van der Waals surface area (Å²) in [6.45, 7) is 2.87. The third kappa shape index (κ3) is 4.08. The number of pyridine rings is 1. The average Bonchev–Trinajstić information content (AvgIpc) is 2.51. The van der Waals surface area contributed by atoms with Crippen LogP contribution < -0.4 is 5.32 Å². The Bertz CT molecular complexity index is 590. The molecule has 0 fully saturated rings. The number of benzene rings is 1. The first-order valence-corrected chi connectivity index (χ1v) is 7.68. The summed E-state index contributed by atoms with van der Waals surface area (Å²) >= 11 is 3.17.